The third kappa shape index (κ3) is 5.40. The largest absolute Gasteiger partial charge is 0.356 e. The molecule has 2 N–H and O–H groups in total. The predicted molar refractivity (Wildman–Crippen MR) is 123 cm³/mol. The standard InChI is InChI=1S/C22H30N6O2S/c1-16-4-3-5-18(27-16)10-13-26-31(29,30)14-17-6-8-19(9-7-17)28(2)22-20-11-12-23-21(20)24-15-25-22/h3-5,11-12,15,17,19,26H,6-10,13-14H2,1-2H3,(H,23,24,25). The van der Waals surface area contributed by atoms with Gasteiger partial charge in [-0.15, -0.1) is 0 Å². The van der Waals surface area contributed by atoms with Gasteiger partial charge in [-0.3, -0.25) is 4.98 Å². The van der Waals surface area contributed by atoms with Crippen molar-refractivity contribution in [1.82, 2.24) is 24.7 Å². The normalized spacial score (nSPS) is 19.5. The van der Waals surface area contributed by atoms with Gasteiger partial charge < -0.3 is 9.88 Å². The zero-order chi connectivity index (χ0) is 21.8. The minimum absolute atomic E-state index is 0.192. The van der Waals surface area contributed by atoms with Gasteiger partial charge in [0.15, 0.2) is 0 Å². The smallest absolute Gasteiger partial charge is 0.211 e. The molecule has 8 nitrogen and oxygen atoms in total. The number of aromatic nitrogens is 4. The summed E-state index contributed by atoms with van der Waals surface area (Å²) in [7, 11) is -1.22. The summed E-state index contributed by atoms with van der Waals surface area (Å²) in [5.74, 6) is 1.31. The lowest BCUT2D eigenvalue weighted by Gasteiger charge is -2.35. The molecule has 0 aromatic carbocycles. The van der Waals surface area contributed by atoms with Crippen LogP contribution in [0.5, 0.6) is 0 Å². The minimum Gasteiger partial charge on any atom is -0.356 e. The molecule has 0 saturated heterocycles. The van der Waals surface area contributed by atoms with Gasteiger partial charge in [0.25, 0.3) is 0 Å². The average Bonchev–Trinajstić information content (AvgIpc) is 3.22. The average molecular weight is 443 g/mol. The molecule has 1 aliphatic rings. The zero-order valence-corrected chi connectivity index (χ0v) is 18.9. The van der Waals surface area contributed by atoms with E-state index in [-0.39, 0.29) is 11.7 Å². The molecule has 0 spiro atoms. The fraction of sp³-hybridized carbons (Fsp3) is 0.500. The monoisotopic (exact) mass is 442 g/mol. The highest BCUT2D eigenvalue weighted by Crippen LogP contribution is 2.31. The number of hydrogen-bond acceptors (Lipinski definition) is 6. The van der Waals surface area contributed by atoms with Crippen LogP contribution in [-0.2, 0) is 16.4 Å². The van der Waals surface area contributed by atoms with Crippen LogP contribution in [0.15, 0.2) is 36.8 Å². The Morgan fingerprint density at radius 3 is 2.74 bits per heavy atom. The number of fused-ring (bicyclic) bond motifs is 1. The van der Waals surface area contributed by atoms with Crippen molar-refractivity contribution in [2.24, 2.45) is 5.92 Å². The first-order chi connectivity index (χ1) is 14.9. The lowest BCUT2D eigenvalue weighted by Crippen LogP contribution is -2.38. The Hall–Kier alpha value is -2.52. The molecule has 0 amide bonds. The second kappa shape index (κ2) is 9.32. The summed E-state index contributed by atoms with van der Waals surface area (Å²) in [5.41, 5.74) is 2.69. The van der Waals surface area contributed by atoms with Gasteiger partial charge in [-0.25, -0.2) is 23.1 Å². The van der Waals surface area contributed by atoms with Crippen LogP contribution in [0.4, 0.5) is 5.82 Å². The van der Waals surface area contributed by atoms with Crippen LogP contribution >= 0.6 is 0 Å². The van der Waals surface area contributed by atoms with Crippen molar-refractivity contribution in [1.29, 1.82) is 0 Å². The fourth-order valence-electron chi connectivity index (χ4n) is 4.45. The molecule has 0 atom stereocenters. The number of H-pyrrole nitrogens is 1. The Kier molecular flexibility index (Phi) is 6.52. The molecule has 31 heavy (non-hydrogen) atoms. The predicted octanol–water partition coefficient (Wildman–Crippen LogP) is 2.82. The van der Waals surface area contributed by atoms with Gasteiger partial charge >= 0.3 is 0 Å². The first-order valence-corrected chi connectivity index (χ1v) is 12.5. The highest BCUT2D eigenvalue weighted by molar-refractivity contribution is 7.89. The maximum Gasteiger partial charge on any atom is 0.211 e. The number of rotatable bonds is 8. The first kappa shape index (κ1) is 21.7. The summed E-state index contributed by atoms with van der Waals surface area (Å²) in [6.45, 7) is 2.32. The van der Waals surface area contributed by atoms with Crippen LogP contribution in [0.25, 0.3) is 11.0 Å². The SMILES string of the molecule is Cc1cccc(CCNS(=O)(=O)CC2CCC(N(C)c3ncnc4[nH]ccc34)CC2)n1. The van der Waals surface area contributed by atoms with E-state index in [0.29, 0.717) is 19.0 Å². The molecule has 1 fully saturated rings. The van der Waals surface area contributed by atoms with Crippen molar-refractivity contribution in [3.63, 3.8) is 0 Å². The van der Waals surface area contributed by atoms with Crippen LogP contribution in [0.1, 0.15) is 37.1 Å². The molecule has 1 saturated carbocycles. The number of nitrogens with one attached hydrogen (secondary N) is 2. The van der Waals surface area contributed by atoms with Gasteiger partial charge in [0, 0.05) is 43.6 Å². The number of aryl methyl sites for hydroxylation is 1. The molecule has 0 aliphatic heterocycles. The van der Waals surface area contributed by atoms with Crippen molar-refractivity contribution in [2.45, 2.75) is 45.1 Å². The van der Waals surface area contributed by atoms with Gasteiger partial charge in [-0.2, -0.15) is 0 Å². The number of hydrogen-bond donors (Lipinski definition) is 2. The maximum atomic E-state index is 12.5. The number of sulfonamides is 1. The van der Waals surface area contributed by atoms with E-state index in [1.807, 2.05) is 37.4 Å². The summed E-state index contributed by atoms with van der Waals surface area (Å²) >= 11 is 0. The van der Waals surface area contributed by atoms with Crippen molar-refractivity contribution >= 4 is 26.9 Å². The summed E-state index contributed by atoms with van der Waals surface area (Å²) in [6, 6.07) is 8.17. The van der Waals surface area contributed by atoms with E-state index >= 15 is 0 Å². The van der Waals surface area contributed by atoms with Gasteiger partial charge in [0.05, 0.1) is 11.1 Å². The van der Waals surface area contributed by atoms with E-state index in [1.54, 1.807) is 6.33 Å². The zero-order valence-electron chi connectivity index (χ0n) is 18.1. The lowest BCUT2D eigenvalue weighted by atomic mass is 9.86. The molecular weight excluding hydrogens is 412 g/mol. The van der Waals surface area contributed by atoms with Crippen LogP contribution in [0.3, 0.4) is 0 Å². The van der Waals surface area contributed by atoms with E-state index in [2.05, 4.69) is 36.6 Å². The van der Waals surface area contributed by atoms with Crippen LogP contribution in [0, 0.1) is 12.8 Å². The third-order valence-electron chi connectivity index (χ3n) is 6.14. The van der Waals surface area contributed by atoms with Crippen LogP contribution in [0.2, 0.25) is 0 Å². The fourth-order valence-corrected chi connectivity index (χ4v) is 5.94. The van der Waals surface area contributed by atoms with Gasteiger partial charge in [0.2, 0.25) is 10.0 Å². The molecule has 166 valence electrons. The van der Waals surface area contributed by atoms with Gasteiger partial charge in [-0.05, 0) is 56.7 Å². The lowest BCUT2D eigenvalue weighted by molar-refractivity contribution is 0.340. The molecule has 3 aromatic heterocycles. The summed E-state index contributed by atoms with van der Waals surface area (Å²) in [4.78, 5) is 18.5. The molecule has 0 unspecified atom stereocenters. The van der Waals surface area contributed by atoms with Crippen molar-refractivity contribution in [3.8, 4) is 0 Å². The van der Waals surface area contributed by atoms with Crippen LogP contribution < -0.4 is 9.62 Å². The highest BCUT2D eigenvalue weighted by Gasteiger charge is 2.28. The van der Waals surface area contributed by atoms with E-state index in [9.17, 15) is 8.42 Å². The van der Waals surface area contributed by atoms with E-state index in [0.717, 1.165) is 53.9 Å². The molecule has 4 rings (SSSR count). The van der Waals surface area contributed by atoms with E-state index in [4.69, 9.17) is 0 Å². The number of nitrogens with zero attached hydrogens (tertiary/aromatic N) is 4. The van der Waals surface area contributed by atoms with Crippen LogP contribution in [-0.4, -0.2) is 53.7 Å². The number of pyridine rings is 1. The third-order valence-corrected chi connectivity index (χ3v) is 7.69. The Labute approximate surface area is 183 Å². The quantitative estimate of drug-likeness (QED) is 0.556. The second-order valence-corrected chi connectivity index (χ2v) is 10.3. The second-order valence-electron chi connectivity index (χ2n) is 8.42. The Bertz CT molecular complexity index is 1120. The Morgan fingerprint density at radius 1 is 1.16 bits per heavy atom. The van der Waals surface area contributed by atoms with Gasteiger partial charge in [0.1, 0.15) is 17.8 Å². The van der Waals surface area contributed by atoms with Crippen molar-refractivity contribution in [2.75, 3.05) is 24.2 Å². The van der Waals surface area contributed by atoms with Crippen molar-refractivity contribution in [3.05, 3.63) is 48.2 Å². The molecule has 0 bridgehead atoms. The number of anilines is 1. The first-order valence-electron chi connectivity index (χ1n) is 10.8. The summed E-state index contributed by atoms with van der Waals surface area (Å²) < 4.78 is 27.8. The molecule has 1 aliphatic carbocycles. The summed E-state index contributed by atoms with van der Waals surface area (Å²) in [6.07, 6.45) is 7.78. The maximum absolute atomic E-state index is 12.5. The van der Waals surface area contributed by atoms with E-state index < -0.39 is 10.0 Å². The molecule has 9 heteroatoms. The molecule has 3 aromatic rings. The topological polar surface area (TPSA) is 104 Å². The molecular formula is C22H30N6O2S. The van der Waals surface area contributed by atoms with Gasteiger partial charge in [-0.1, -0.05) is 6.07 Å². The minimum atomic E-state index is -3.29. The highest BCUT2D eigenvalue weighted by atomic mass is 32.2. The van der Waals surface area contributed by atoms with E-state index in [1.165, 1.54) is 0 Å². The Morgan fingerprint density at radius 2 is 1.97 bits per heavy atom. The molecule has 0 radical (unpaired) electrons. The Balaban J connectivity index is 1.27. The summed E-state index contributed by atoms with van der Waals surface area (Å²) in [5, 5.41) is 1.02. The van der Waals surface area contributed by atoms with Crippen molar-refractivity contribution < 1.29 is 8.42 Å². The molecule has 3 heterocycles. The number of aromatic amines is 1.